The number of alkyl halides is 3. The predicted molar refractivity (Wildman–Crippen MR) is 103 cm³/mol. The summed E-state index contributed by atoms with van der Waals surface area (Å²) < 4.78 is 37.5. The number of nitrogens with zero attached hydrogens (tertiary/aromatic N) is 2. The highest BCUT2D eigenvalue weighted by atomic mass is 19.4. The van der Waals surface area contributed by atoms with Crippen LogP contribution in [0.2, 0.25) is 0 Å². The standard InChI is InChI=1S/C21H28F3N3O2/c1-15-2-4-17(5-3-15)12-26-8-6-16(7-9-26)11-25-20(29)18-10-19(28)27(13-18)14-21(22,23)24/h2-5,16,18H,6-14H2,1H3,(H,25,29). The zero-order chi connectivity index (χ0) is 21.0. The average Bonchev–Trinajstić information content (AvgIpc) is 3.01. The first-order valence-corrected chi connectivity index (χ1v) is 10.1. The minimum atomic E-state index is -4.44. The molecule has 0 bridgehead atoms. The number of likely N-dealkylation sites (tertiary alicyclic amines) is 2. The van der Waals surface area contributed by atoms with E-state index in [-0.39, 0.29) is 18.9 Å². The average molecular weight is 411 g/mol. The molecule has 160 valence electrons. The van der Waals surface area contributed by atoms with E-state index in [0.717, 1.165) is 37.4 Å². The molecular formula is C21H28F3N3O2. The predicted octanol–water partition coefficient (Wildman–Crippen LogP) is 2.73. The second-order valence-electron chi connectivity index (χ2n) is 8.24. The molecule has 0 spiro atoms. The summed E-state index contributed by atoms with van der Waals surface area (Å²) >= 11 is 0. The van der Waals surface area contributed by atoms with Crippen molar-refractivity contribution in [1.82, 2.24) is 15.1 Å². The Labute approximate surface area is 169 Å². The van der Waals surface area contributed by atoms with Crippen molar-refractivity contribution in [2.45, 2.75) is 38.9 Å². The first kappa shape index (κ1) is 21.6. The smallest absolute Gasteiger partial charge is 0.356 e. The normalized spacial score (nSPS) is 21.6. The summed E-state index contributed by atoms with van der Waals surface area (Å²) in [5.74, 6) is -1.25. The van der Waals surface area contributed by atoms with Gasteiger partial charge in [0.2, 0.25) is 11.8 Å². The van der Waals surface area contributed by atoms with Gasteiger partial charge in [-0.05, 0) is 44.3 Å². The number of rotatable bonds is 6. The number of hydrogen-bond donors (Lipinski definition) is 1. The van der Waals surface area contributed by atoms with Crippen LogP contribution in [0.3, 0.4) is 0 Å². The van der Waals surface area contributed by atoms with Gasteiger partial charge in [-0.15, -0.1) is 0 Å². The Morgan fingerprint density at radius 3 is 2.45 bits per heavy atom. The summed E-state index contributed by atoms with van der Waals surface area (Å²) in [6, 6.07) is 8.52. The minimum absolute atomic E-state index is 0.142. The van der Waals surface area contributed by atoms with Gasteiger partial charge in [-0.1, -0.05) is 29.8 Å². The van der Waals surface area contributed by atoms with E-state index in [1.807, 2.05) is 0 Å². The Balaban J connectivity index is 1.37. The molecule has 5 nitrogen and oxygen atoms in total. The maximum absolute atomic E-state index is 12.5. The molecule has 0 aliphatic carbocycles. The minimum Gasteiger partial charge on any atom is -0.356 e. The zero-order valence-corrected chi connectivity index (χ0v) is 16.7. The fourth-order valence-corrected chi connectivity index (χ4v) is 4.01. The van der Waals surface area contributed by atoms with Crippen LogP contribution in [-0.2, 0) is 16.1 Å². The summed E-state index contributed by atoms with van der Waals surface area (Å²) in [5.41, 5.74) is 2.53. The number of carbonyl (C=O) groups excluding carboxylic acids is 2. The van der Waals surface area contributed by atoms with Crippen molar-refractivity contribution in [3.05, 3.63) is 35.4 Å². The molecule has 8 heteroatoms. The van der Waals surface area contributed by atoms with Crippen molar-refractivity contribution in [3.8, 4) is 0 Å². The topological polar surface area (TPSA) is 52.7 Å². The van der Waals surface area contributed by atoms with Crippen LogP contribution in [0.4, 0.5) is 13.2 Å². The van der Waals surface area contributed by atoms with E-state index in [4.69, 9.17) is 0 Å². The SMILES string of the molecule is Cc1ccc(CN2CCC(CNC(=O)C3CC(=O)N(CC(F)(F)F)C3)CC2)cc1. The molecule has 2 aliphatic rings. The van der Waals surface area contributed by atoms with Crippen LogP contribution in [0.5, 0.6) is 0 Å². The van der Waals surface area contributed by atoms with Crippen LogP contribution in [0, 0.1) is 18.8 Å². The second-order valence-corrected chi connectivity index (χ2v) is 8.24. The lowest BCUT2D eigenvalue weighted by Gasteiger charge is -2.32. The molecule has 2 heterocycles. The van der Waals surface area contributed by atoms with Crippen molar-refractivity contribution in [2.24, 2.45) is 11.8 Å². The number of carbonyl (C=O) groups is 2. The van der Waals surface area contributed by atoms with Gasteiger partial charge in [0.15, 0.2) is 0 Å². The van der Waals surface area contributed by atoms with E-state index in [1.54, 1.807) is 0 Å². The molecule has 1 unspecified atom stereocenters. The highest BCUT2D eigenvalue weighted by Gasteiger charge is 2.40. The summed E-state index contributed by atoms with van der Waals surface area (Å²) in [6.07, 6.45) is -2.64. The van der Waals surface area contributed by atoms with Crippen LogP contribution in [0.25, 0.3) is 0 Å². The number of piperidine rings is 1. The quantitative estimate of drug-likeness (QED) is 0.783. The van der Waals surface area contributed by atoms with E-state index in [9.17, 15) is 22.8 Å². The molecule has 3 rings (SSSR count). The molecular weight excluding hydrogens is 383 g/mol. The maximum atomic E-state index is 12.5. The lowest BCUT2D eigenvalue weighted by Crippen LogP contribution is -2.41. The summed E-state index contributed by atoms with van der Waals surface area (Å²) in [7, 11) is 0. The molecule has 0 aromatic heterocycles. The number of aryl methyl sites for hydroxylation is 1. The lowest BCUT2D eigenvalue weighted by molar-refractivity contribution is -0.157. The summed E-state index contributed by atoms with van der Waals surface area (Å²) in [5, 5.41) is 2.85. The number of amides is 2. The van der Waals surface area contributed by atoms with Gasteiger partial charge in [-0.2, -0.15) is 13.2 Å². The van der Waals surface area contributed by atoms with Crippen molar-refractivity contribution < 1.29 is 22.8 Å². The zero-order valence-electron chi connectivity index (χ0n) is 16.7. The van der Waals surface area contributed by atoms with Crippen LogP contribution in [-0.4, -0.2) is 60.5 Å². The fraction of sp³-hybridized carbons (Fsp3) is 0.619. The number of hydrogen-bond acceptors (Lipinski definition) is 3. The van der Waals surface area contributed by atoms with Crippen LogP contribution >= 0.6 is 0 Å². The summed E-state index contributed by atoms with van der Waals surface area (Å²) in [4.78, 5) is 27.1. The Hall–Kier alpha value is -2.09. The largest absolute Gasteiger partial charge is 0.406 e. The Bertz CT molecular complexity index is 713. The van der Waals surface area contributed by atoms with Gasteiger partial charge < -0.3 is 10.2 Å². The van der Waals surface area contributed by atoms with Gasteiger partial charge in [0, 0.05) is 26.1 Å². The van der Waals surface area contributed by atoms with Crippen molar-refractivity contribution in [1.29, 1.82) is 0 Å². The highest BCUT2D eigenvalue weighted by Crippen LogP contribution is 2.24. The first-order valence-electron chi connectivity index (χ1n) is 10.1. The van der Waals surface area contributed by atoms with Crippen molar-refractivity contribution in [3.63, 3.8) is 0 Å². The monoisotopic (exact) mass is 411 g/mol. The highest BCUT2D eigenvalue weighted by molar-refractivity contribution is 5.89. The van der Waals surface area contributed by atoms with Gasteiger partial charge in [0.25, 0.3) is 0 Å². The van der Waals surface area contributed by atoms with Crippen LogP contribution in [0.15, 0.2) is 24.3 Å². The number of halogens is 3. The van der Waals surface area contributed by atoms with Crippen molar-refractivity contribution >= 4 is 11.8 Å². The molecule has 29 heavy (non-hydrogen) atoms. The van der Waals surface area contributed by atoms with Crippen molar-refractivity contribution in [2.75, 3.05) is 32.7 Å². The van der Waals surface area contributed by atoms with Gasteiger partial charge in [-0.3, -0.25) is 14.5 Å². The Kier molecular flexibility index (Phi) is 6.82. The fourth-order valence-electron chi connectivity index (χ4n) is 4.01. The Morgan fingerprint density at radius 2 is 1.83 bits per heavy atom. The molecule has 0 saturated carbocycles. The van der Waals surface area contributed by atoms with Crippen LogP contribution < -0.4 is 5.32 Å². The Morgan fingerprint density at radius 1 is 1.17 bits per heavy atom. The second kappa shape index (κ2) is 9.15. The molecule has 2 saturated heterocycles. The third kappa shape index (κ3) is 6.45. The molecule has 1 aromatic rings. The van der Waals surface area contributed by atoms with Gasteiger partial charge in [0.1, 0.15) is 6.54 Å². The van der Waals surface area contributed by atoms with Gasteiger partial charge in [0.05, 0.1) is 5.92 Å². The maximum Gasteiger partial charge on any atom is 0.406 e. The third-order valence-electron chi connectivity index (χ3n) is 5.75. The molecule has 2 fully saturated rings. The van der Waals surface area contributed by atoms with E-state index < -0.39 is 24.5 Å². The van der Waals surface area contributed by atoms with Crippen LogP contribution in [0.1, 0.15) is 30.4 Å². The molecule has 2 aliphatic heterocycles. The van der Waals surface area contributed by atoms with Gasteiger partial charge in [-0.25, -0.2) is 0 Å². The molecule has 1 N–H and O–H groups in total. The number of nitrogens with one attached hydrogen (secondary N) is 1. The summed E-state index contributed by atoms with van der Waals surface area (Å²) in [6.45, 7) is 3.97. The number of benzene rings is 1. The third-order valence-corrected chi connectivity index (χ3v) is 5.75. The van der Waals surface area contributed by atoms with E-state index >= 15 is 0 Å². The molecule has 1 atom stereocenters. The van der Waals surface area contributed by atoms with Gasteiger partial charge >= 0.3 is 6.18 Å². The molecule has 0 radical (unpaired) electrons. The van der Waals surface area contributed by atoms with E-state index in [1.165, 1.54) is 11.1 Å². The lowest BCUT2D eigenvalue weighted by atomic mass is 9.96. The molecule has 2 amide bonds. The van der Waals surface area contributed by atoms with E-state index in [2.05, 4.69) is 41.4 Å². The molecule has 1 aromatic carbocycles. The first-order chi connectivity index (χ1) is 13.7. The van der Waals surface area contributed by atoms with E-state index in [0.29, 0.717) is 12.5 Å².